The molecule has 0 radical (unpaired) electrons. The highest BCUT2D eigenvalue weighted by molar-refractivity contribution is 7.80. The van der Waals surface area contributed by atoms with E-state index < -0.39 is 0 Å². The largest absolute Gasteiger partial charge is 0.381 e. The van der Waals surface area contributed by atoms with Crippen molar-refractivity contribution in [3.63, 3.8) is 0 Å². The molecule has 2 fully saturated rings. The smallest absolute Gasteiger partial charge is 0.232 e. The molecule has 4 rings (SSSR count). The molecule has 0 bridgehead atoms. The molecule has 2 saturated heterocycles. The Morgan fingerprint density at radius 3 is 2.42 bits per heavy atom. The van der Waals surface area contributed by atoms with E-state index in [0.717, 1.165) is 36.8 Å². The Kier molecular flexibility index (Phi) is 7.45. The van der Waals surface area contributed by atoms with E-state index in [0.29, 0.717) is 49.2 Å². The van der Waals surface area contributed by atoms with Crippen molar-refractivity contribution in [3.05, 3.63) is 46.1 Å². The zero-order valence-corrected chi connectivity index (χ0v) is 19.4. The third-order valence-electron chi connectivity index (χ3n) is 5.74. The lowest BCUT2D eigenvalue weighted by Gasteiger charge is -2.38. The number of anilines is 2. The number of nitrogens with one attached hydrogen (secondary N) is 2. The van der Waals surface area contributed by atoms with Gasteiger partial charge in [-0.15, -0.1) is 0 Å². The molecule has 2 N–H and O–H groups in total. The molecule has 3 heterocycles. The van der Waals surface area contributed by atoms with Gasteiger partial charge in [0.2, 0.25) is 5.95 Å². The number of thiocarbonyl (C=S) groups is 1. The Labute approximate surface area is 197 Å². The van der Waals surface area contributed by atoms with Crippen molar-refractivity contribution < 1.29 is 9.47 Å². The quantitative estimate of drug-likeness (QED) is 0.495. The Bertz CT molecular complexity index is 903. The summed E-state index contributed by atoms with van der Waals surface area (Å²) in [5, 5.41) is 7.98. The number of ether oxygens (including phenoxy) is 2. The van der Waals surface area contributed by atoms with Crippen LogP contribution in [0.5, 0.6) is 0 Å². The summed E-state index contributed by atoms with van der Waals surface area (Å²) in [5.41, 5.74) is 1.15. The Morgan fingerprint density at radius 2 is 1.71 bits per heavy atom. The molecule has 1 aromatic heterocycles. The van der Waals surface area contributed by atoms with Crippen molar-refractivity contribution in [2.45, 2.75) is 18.3 Å². The molecule has 2 aliphatic heterocycles. The molecule has 0 atom stereocenters. The summed E-state index contributed by atoms with van der Waals surface area (Å²) in [7, 11) is 0. The van der Waals surface area contributed by atoms with Gasteiger partial charge >= 0.3 is 0 Å². The van der Waals surface area contributed by atoms with Gasteiger partial charge in [-0.3, -0.25) is 0 Å². The fraction of sp³-hybridized carbons (Fsp3) is 0.476. The highest BCUT2D eigenvalue weighted by Gasteiger charge is 2.34. The SMILES string of the molecule is S=C(NCC1(c2ccc(Cl)cc2)CCOCC1)Nc1nc(Cl)cc(N2CCOCC2)n1. The number of hydrogen-bond acceptors (Lipinski definition) is 6. The number of morpholine rings is 1. The van der Waals surface area contributed by atoms with Crippen LogP contribution in [0.3, 0.4) is 0 Å². The van der Waals surface area contributed by atoms with Crippen LogP contribution in [0.15, 0.2) is 30.3 Å². The van der Waals surface area contributed by atoms with Crippen molar-refractivity contribution in [1.29, 1.82) is 0 Å². The van der Waals surface area contributed by atoms with Crippen molar-refractivity contribution in [1.82, 2.24) is 15.3 Å². The molecular weight excluding hydrogens is 457 g/mol. The average Bonchev–Trinajstić information content (AvgIpc) is 2.79. The minimum Gasteiger partial charge on any atom is -0.381 e. The fourth-order valence-corrected chi connectivity index (χ4v) is 4.41. The predicted molar refractivity (Wildman–Crippen MR) is 127 cm³/mol. The molecule has 2 aromatic rings. The standard InChI is InChI=1S/C21H25Cl2N5O2S/c22-16-3-1-15(2-4-16)21(5-9-29-10-6-21)14-24-20(31)27-19-25-17(23)13-18(26-19)28-7-11-30-12-8-28/h1-4,13H,5-12,14H2,(H2,24,25,26,27,31). The fourth-order valence-electron chi connectivity index (χ4n) is 3.94. The molecule has 31 heavy (non-hydrogen) atoms. The van der Waals surface area contributed by atoms with Gasteiger partial charge in [0.05, 0.1) is 13.2 Å². The normalized spacial score (nSPS) is 18.5. The van der Waals surface area contributed by atoms with Crippen LogP contribution in [0.1, 0.15) is 18.4 Å². The average molecular weight is 482 g/mol. The van der Waals surface area contributed by atoms with Crippen LogP contribution in [-0.2, 0) is 14.9 Å². The highest BCUT2D eigenvalue weighted by atomic mass is 35.5. The highest BCUT2D eigenvalue weighted by Crippen LogP contribution is 2.35. The van der Waals surface area contributed by atoms with Gasteiger partial charge in [-0.05, 0) is 42.8 Å². The second kappa shape index (κ2) is 10.3. The van der Waals surface area contributed by atoms with Crippen LogP contribution in [0.4, 0.5) is 11.8 Å². The molecule has 10 heteroatoms. The first-order valence-corrected chi connectivity index (χ1v) is 11.5. The maximum atomic E-state index is 6.23. The number of benzene rings is 1. The summed E-state index contributed by atoms with van der Waals surface area (Å²) in [5.74, 6) is 1.13. The van der Waals surface area contributed by atoms with E-state index >= 15 is 0 Å². The van der Waals surface area contributed by atoms with Crippen molar-refractivity contribution >= 4 is 52.3 Å². The van der Waals surface area contributed by atoms with Gasteiger partial charge in [-0.25, -0.2) is 4.98 Å². The van der Waals surface area contributed by atoms with Crippen molar-refractivity contribution in [3.8, 4) is 0 Å². The molecule has 1 aromatic carbocycles. The van der Waals surface area contributed by atoms with Crippen LogP contribution in [0.25, 0.3) is 0 Å². The second-order valence-corrected chi connectivity index (χ2v) is 8.91. The van der Waals surface area contributed by atoms with E-state index in [-0.39, 0.29) is 5.41 Å². The predicted octanol–water partition coefficient (Wildman–Crippen LogP) is 3.65. The Balaban J connectivity index is 1.43. The van der Waals surface area contributed by atoms with Gasteiger partial charge in [0.1, 0.15) is 11.0 Å². The van der Waals surface area contributed by atoms with Crippen LogP contribution < -0.4 is 15.5 Å². The summed E-state index contributed by atoms with van der Waals surface area (Å²) in [6.45, 7) is 4.96. The van der Waals surface area contributed by atoms with E-state index in [4.69, 9.17) is 44.9 Å². The van der Waals surface area contributed by atoms with Crippen LogP contribution in [0, 0.1) is 0 Å². The zero-order valence-electron chi connectivity index (χ0n) is 17.1. The molecule has 166 valence electrons. The number of halogens is 2. The van der Waals surface area contributed by atoms with Crippen molar-refractivity contribution in [2.75, 3.05) is 56.3 Å². The Morgan fingerprint density at radius 1 is 1.03 bits per heavy atom. The molecule has 0 aliphatic carbocycles. The van der Waals surface area contributed by atoms with E-state index in [1.807, 2.05) is 12.1 Å². The Hall–Kier alpha value is -1.71. The number of nitrogens with zero attached hydrogens (tertiary/aromatic N) is 3. The van der Waals surface area contributed by atoms with Crippen molar-refractivity contribution in [2.24, 2.45) is 0 Å². The molecular formula is C21H25Cl2N5O2S. The molecule has 0 spiro atoms. The van der Waals surface area contributed by atoms with Gasteiger partial charge in [-0.1, -0.05) is 35.3 Å². The maximum absolute atomic E-state index is 6.23. The van der Waals surface area contributed by atoms with Crippen LogP contribution in [-0.4, -0.2) is 61.1 Å². The van der Waals surface area contributed by atoms with E-state index in [1.54, 1.807) is 6.07 Å². The minimum atomic E-state index is -0.0806. The first-order chi connectivity index (χ1) is 15.0. The second-order valence-electron chi connectivity index (χ2n) is 7.68. The molecule has 2 aliphatic rings. The summed E-state index contributed by atoms with van der Waals surface area (Å²) in [4.78, 5) is 11.0. The number of rotatable bonds is 5. The molecule has 0 unspecified atom stereocenters. The number of aromatic nitrogens is 2. The lowest BCUT2D eigenvalue weighted by atomic mass is 9.74. The zero-order chi connectivity index (χ0) is 21.7. The lowest BCUT2D eigenvalue weighted by molar-refractivity contribution is 0.0515. The maximum Gasteiger partial charge on any atom is 0.232 e. The first-order valence-electron chi connectivity index (χ1n) is 10.3. The van der Waals surface area contributed by atoms with Gasteiger partial charge in [0.15, 0.2) is 5.11 Å². The third kappa shape index (κ3) is 5.75. The third-order valence-corrected chi connectivity index (χ3v) is 6.43. The lowest BCUT2D eigenvalue weighted by Crippen LogP contribution is -2.45. The summed E-state index contributed by atoms with van der Waals surface area (Å²) >= 11 is 17.9. The first kappa shape index (κ1) is 22.5. The van der Waals surface area contributed by atoms with Gasteiger partial charge in [0, 0.05) is 49.4 Å². The van der Waals surface area contributed by atoms with Gasteiger partial charge in [-0.2, -0.15) is 4.98 Å². The van der Waals surface area contributed by atoms with Gasteiger partial charge < -0.3 is 25.0 Å². The van der Waals surface area contributed by atoms with E-state index in [9.17, 15) is 0 Å². The summed E-state index contributed by atoms with van der Waals surface area (Å²) < 4.78 is 11.0. The monoisotopic (exact) mass is 481 g/mol. The molecule has 0 amide bonds. The van der Waals surface area contributed by atoms with E-state index in [2.05, 4.69) is 37.6 Å². The number of hydrogen-bond donors (Lipinski definition) is 2. The van der Waals surface area contributed by atoms with Crippen LogP contribution in [0.2, 0.25) is 10.2 Å². The molecule has 0 saturated carbocycles. The molecule has 7 nitrogen and oxygen atoms in total. The topological polar surface area (TPSA) is 71.5 Å². The summed E-state index contributed by atoms with van der Waals surface area (Å²) in [6.07, 6.45) is 1.80. The summed E-state index contributed by atoms with van der Waals surface area (Å²) in [6, 6.07) is 9.78. The van der Waals surface area contributed by atoms with Gasteiger partial charge in [0.25, 0.3) is 0 Å². The minimum absolute atomic E-state index is 0.0806. The van der Waals surface area contributed by atoms with Crippen LogP contribution >= 0.6 is 35.4 Å². The van der Waals surface area contributed by atoms with E-state index in [1.165, 1.54) is 5.56 Å².